The van der Waals surface area contributed by atoms with E-state index in [2.05, 4.69) is 37.1 Å². The highest BCUT2D eigenvalue weighted by Gasteiger charge is 2.20. The molecule has 0 bridgehead atoms. The van der Waals surface area contributed by atoms with Crippen LogP contribution in [0.15, 0.2) is 17.3 Å². The van der Waals surface area contributed by atoms with Gasteiger partial charge in [0.1, 0.15) is 0 Å². The minimum Gasteiger partial charge on any atom is -0.379 e. The molecule has 3 nitrogen and oxygen atoms in total. The first kappa shape index (κ1) is 13.8. The van der Waals surface area contributed by atoms with Gasteiger partial charge in [0.15, 0.2) is 0 Å². The Morgan fingerprint density at radius 3 is 2.83 bits per heavy atom. The molecule has 4 heteroatoms. The summed E-state index contributed by atoms with van der Waals surface area (Å²) in [7, 11) is 0. The Morgan fingerprint density at radius 2 is 2.28 bits per heavy atom. The molecular formula is C14H22N2OS. The van der Waals surface area contributed by atoms with Crippen molar-refractivity contribution in [2.24, 2.45) is 5.92 Å². The van der Waals surface area contributed by atoms with Crippen molar-refractivity contribution in [1.29, 1.82) is 0 Å². The Morgan fingerprint density at radius 1 is 1.50 bits per heavy atom. The number of thioether (sulfide) groups is 1. The number of aryl methyl sites for hydroxylation is 1. The molecule has 0 amide bonds. The predicted octanol–water partition coefficient (Wildman–Crippen LogP) is 2.63. The molecule has 0 unspecified atom stereocenters. The zero-order valence-electron chi connectivity index (χ0n) is 11.4. The van der Waals surface area contributed by atoms with Gasteiger partial charge in [-0.3, -0.25) is 0 Å². The maximum absolute atomic E-state index is 5.19. The van der Waals surface area contributed by atoms with E-state index in [1.54, 1.807) is 0 Å². The zero-order valence-corrected chi connectivity index (χ0v) is 12.2. The largest absolute Gasteiger partial charge is 0.379 e. The third kappa shape index (κ3) is 3.97. The lowest BCUT2D eigenvalue weighted by atomic mass is 10.2. The standard InChI is InChI=1S/C14H22N2OS/c1-10(2)5-15-6-12-4-11(3)14(16-7-12)18-13-8-17-9-13/h4,7,10,13,15H,5-6,8-9H2,1-3H3. The number of rotatable bonds is 6. The van der Waals surface area contributed by atoms with E-state index in [4.69, 9.17) is 4.74 Å². The number of aromatic nitrogens is 1. The second kappa shape index (κ2) is 6.55. The first-order valence-electron chi connectivity index (χ1n) is 6.56. The molecule has 1 N–H and O–H groups in total. The molecule has 0 atom stereocenters. The van der Waals surface area contributed by atoms with Crippen molar-refractivity contribution in [1.82, 2.24) is 10.3 Å². The topological polar surface area (TPSA) is 34.2 Å². The van der Waals surface area contributed by atoms with E-state index in [1.165, 1.54) is 11.1 Å². The monoisotopic (exact) mass is 266 g/mol. The van der Waals surface area contributed by atoms with Crippen LogP contribution in [0.1, 0.15) is 25.0 Å². The number of pyridine rings is 1. The third-order valence-corrected chi connectivity index (χ3v) is 4.11. The predicted molar refractivity (Wildman–Crippen MR) is 76.0 cm³/mol. The summed E-state index contributed by atoms with van der Waals surface area (Å²) in [5, 5.41) is 5.19. The van der Waals surface area contributed by atoms with E-state index < -0.39 is 0 Å². The molecule has 18 heavy (non-hydrogen) atoms. The highest BCUT2D eigenvalue weighted by atomic mass is 32.2. The van der Waals surface area contributed by atoms with Crippen LogP contribution in [0.2, 0.25) is 0 Å². The summed E-state index contributed by atoms with van der Waals surface area (Å²) < 4.78 is 5.19. The van der Waals surface area contributed by atoms with Gasteiger partial charge in [-0.2, -0.15) is 0 Å². The molecule has 1 aromatic heterocycles. The van der Waals surface area contributed by atoms with E-state index in [9.17, 15) is 0 Å². The van der Waals surface area contributed by atoms with Gasteiger partial charge in [-0.05, 0) is 30.5 Å². The van der Waals surface area contributed by atoms with E-state index >= 15 is 0 Å². The highest BCUT2D eigenvalue weighted by Crippen LogP contribution is 2.28. The molecule has 2 rings (SSSR count). The number of hydrogen-bond donors (Lipinski definition) is 1. The highest BCUT2D eigenvalue weighted by molar-refractivity contribution is 8.00. The molecule has 100 valence electrons. The fourth-order valence-electron chi connectivity index (χ4n) is 1.79. The fraction of sp³-hybridized carbons (Fsp3) is 0.643. The summed E-state index contributed by atoms with van der Waals surface area (Å²) in [5.41, 5.74) is 2.54. The van der Waals surface area contributed by atoms with Gasteiger partial charge < -0.3 is 10.1 Å². The molecular weight excluding hydrogens is 244 g/mol. The molecule has 0 saturated carbocycles. The number of nitrogens with zero attached hydrogens (tertiary/aromatic N) is 1. The van der Waals surface area contributed by atoms with Crippen molar-refractivity contribution in [3.63, 3.8) is 0 Å². The SMILES string of the molecule is Cc1cc(CNCC(C)C)cnc1SC1COC1. The second-order valence-corrected chi connectivity index (χ2v) is 6.56. The van der Waals surface area contributed by atoms with Crippen LogP contribution in [0.4, 0.5) is 0 Å². The van der Waals surface area contributed by atoms with Crippen molar-refractivity contribution in [2.75, 3.05) is 19.8 Å². The van der Waals surface area contributed by atoms with Crippen molar-refractivity contribution in [3.8, 4) is 0 Å². The summed E-state index contributed by atoms with van der Waals surface area (Å²) in [6.45, 7) is 10.3. The van der Waals surface area contributed by atoms with E-state index in [1.807, 2.05) is 18.0 Å². The summed E-state index contributed by atoms with van der Waals surface area (Å²) >= 11 is 1.84. The van der Waals surface area contributed by atoms with Gasteiger partial charge in [0.2, 0.25) is 0 Å². The van der Waals surface area contributed by atoms with Crippen LogP contribution in [0.25, 0.3) is 0 Å². The molecule has 1 aromatic rings. The van der Waals surface area contributed by atoms with Crippen molar-refractivity contribution < 1.29 is 4.74 Å². The Bertz CT molecular complexity index is 391. The molecule has 0 aliphatic carbocycles. The average Bonchev–Trinajstić information content (AvgIpc) is 2.25. The van der Waals surface area contributed by atoms with Crippen molar-refractivity contribution >= 4 is 11.8 Å². The zero-order chi connectivity index (χ0) is 13.0. The average molecular weight is 266 g/mol. The van der Waals surface area contributed by atoms with Gasteiger partial charge in [-0.25, -0.2) is 4.98 Å². The Kier molecular flexibility index (Phi) is 5.03. The van der Waals surface area contributed by atoms with E-state index in [0.717, 1.165) is 31.3 Å². The quantitative estimate of drug-likeness (QED) is 0.858. The van der Waals surface area contributed by atoms with Crippen LogP contribution in [0, 0.1) is 12.8 Å². The first-order chi connectivity index (χ1) is 8.65. The maximum Gasteiger partial charge on any atom is 0.0993 e. The molecule has 2 heterocycles. The molecule has 1 fully saturated rings. The Balaban J connectivity index is 1.87. The van der Waals surface area contributed by atoms with E-state index in [-0.39, 0.29) is 0 Å². The summed E-state index contributed by atoms with van der Waals surface area (Å²) in [6, 6.07) is 2.24. The van der Waals surface area contributed by atoms with Crippen molar-refractivity contribution in [2.45, 2.75) is 37.6 Å². The summed E-state index contributed by atoms with van der Waals surface area (Å²) in [6.07, 6.45) is 1.99. The van der Waals surface area contributed by atoms with Crippen molar-refractivity contribution in [3.05, 3.63) is 23.4 Å². The van der Waals surface area contributed by atoms with Gasteiger partial charge in [-0.15, -0.1) is 0 Å². The number of ether oxygens (including phenoxy) is 1. The first-order valence-corrected chi connectivity index (χ1v) is 7.43. The van der Waals surface area contributed by atoms with E-state index in [0.29, 0.717) is 11.2 Å². The second-order valence-electron chi connectivity index (χ2n) is 5.27. The lowest BCUT2D eigenvalue weighted by Gasteiger charge is -2.25. The molecule has 0 aromatic carbocycles. The summed E-state index contributed by atoms with van der Waals surface area (Å²) in [4.78, 5) is 4.57. The van der Waals surface area contributed by atoms with Gasteiger partial charge in [-0.1, -0.05) is 31.7 Å². The van der Waals surface area contributed by atoms with Crippen LogP contribution in [0.5, 0.6) is 0 Å². The third-order valence-electron chi connectivity index (χ3n) is 2.85. The minimum absolute atomic E-state index is 0.598. The number of nitrogens with one attached hydrogen (secondary N) is 1. The minimum atomic E-state index is 0.598. The van der Waals surface area contributed by atoms with Crippen LogP contribution in [-0.4, -0.2) is 30.0 Å². The molecule has 0 spiro atoms. The molecule has 1 saturated heterocycles. The maximum atomic E-state index is 5.19. The summed E-state index contributed by atoms with van der Waals surface area (Å²) in [5.74, 6) is 0.688. The van der Waals surface area contributed by atoms with Gasteiger partial charge in [0.05, 0.1) is 23.5 Å². The molecule has 1 aliphatic rings. The Hall–Kier alpha value is -0.580. The van der Waals surface area contributed by atoms with Crippen LogP contribution in [-0.2, 0) is 11.3 Å². The van der Waals surface area contributed by atoms with Crippen LogP contribution in [0.3, 0.4) is 0 Å². The lowest BCUT2D eigenvalue weighted by Crippen LogP contribution is -2.30. The normalized spacial score (nSPS) is 16.0. The fourth-order valence-corrected chi connectivity index (χ4v) is 2.79. The van der Waals surface area contributed by atoms with Gasteiger partial charge in [0, 0.05) is 12.7 Å². The van der Waals surface area contributed by atoms with Gasteiger partial charge >= 0.3 is 0 Å². The lowest BCUT2D eigenvalue weighted by molar-refractivity contribution is 0.0454. The van der Waals surface area contributed by atoms with Gasteiger partial charge in [0.25, 0.3) is 0 Å². The smallest absolute Gasteiger partial charge is 0.0993 e. The molecule has 1 aliphatic heterocycles. The Labute approximate surface area is 114 Å². The molecule has 0 radical (unpaired) electrons. The number of hydrogen-bond acceptors (Lipinski definition) is 4. The van der Waals surface area contributed by atoms with Crippen LogP contribution >= 0.6 is 11.8 Å². The van der Waals surface area contributed by atoms with Crippen LogP contribution < -0.4 is 5.32 Å².